The number of β-amino-alcohol motifs (C(OH)–C–C–N with tert-alkyl or cyclic N) is 1. The standard InChI is InChI=1S/C19H21NO4S/c1-23-16-9-8-14(10-17(16)24-2)19-20(18(22)12-25-19)11-15(21)13-6-4-3-5-7-13/h3-10,15,19,21H,11-12H2,1-2H3/t15-,19+/m0/s1. The van der Waals surface area contributed by atoms with Gasteiger partial charge in [-0.15, -0.1) is 11.8 Å². The zero-order valence-corrected chi connectivity index (χ0v) is 15.0. The van der Waals surface area contributed by atoms with Gasteiger partial charge in [-0.25, -0.2) is 0 Å². The third kappa shape index (κ3) is 3.75. The fraction of sp³-hybridized carbons (Fsp3) is 0.316. The van der Waals surface area contributed by atoms with E-state index in [1.807, 2.05) is 48.5 Å². The summed E-state index contributed by atoms with van der Waals surface area (Å²) in [5, 5.41) is 10.4. The first kappa shape index (κ1) is 17.6. The van der Waals surface area contributed by atoms with Crippen LogP contribution in [0.25, 0.3) is 0 Å². The number of hydrogen-bond donors (Lipinski definition) is 1. The number of amides is 1. The van der Waals surface area contributed by atoms with Gasteiger partial charge in [-0.1, -0.05) is 36.4 Å². The van der Waals surface area contributed by atoms with E-state index in [0.717, 1.165) is 11.1 Å². The van der Waals surface area contributed by atoms with Crippen molar-refractivity contribution in [1.82, 2.24) is 4.90 Å². The smallest absolute Gasteiger partial charge is 0.233 e. The van der Waals surface area contributed by atoms with Crippen LogP contribution in [0.1, 0.15) is 22.6 Å². The second kappa shape index (κ2) is 7.80. The molecule has 2 atom stereocenters. The van der Waals surface area contributed by atoms with Crippen LogP contribution in [0.5, 0.6) is 11.5 Å². The van der Waals surface area contributed by atoms with Crippen molar-refractivity contribution in [2.75, 3.05) is 26.5 Å². The summed E-state index contributed by atoms with van der Waals surface area (Å²) in [5.74, 6) is 1.71. The van der Waals surface area contributed by atoms with Crippen molar-refractivity contribution < 1.29 is 19.4 Å². The molecule has 1 amide bonds. The summed E-state index contributed by atoms with van der Waals surface area (Å²) in [6, 6.07) is 15.0. The number of rotatable bonds is 6. The highest BCUT2D eigenvalue weighted by Crippen LogP contribution is 2.42. The monoisotopic (exact) mass is 359 g/mol. The van der Waals surface area contributed by atoms with Crippen molar-refractivity contribution in [1.29, 1.82) is 0 Å². The first-order chi connectivity index (χ1) is 12.1. The minimum absolute atomic E-state index is 0.0276. The van der Waals surface area contributed by atoms with E-state index in [4.69, 9.17) is 9.47 Å². The number of aliphatic hydroxyl groups is 1. The maximum absolute atomic E-state index is 12.3. The molecule has 0 aromatic heterocycles. The number of benzene rings is 2. The molecule has 5 nitrogen and oxygen atoms in total. The van der Waals surface area contributed by atoms with Gasteiger partial charge < -0.3 is 19.5 Å². The van der Waals surface area contributed by atoms with Crippen LogP contribution in [0, 0.1) is 0 Å². The molecule has 0 unspecified atom stereocenters. The normalized spacial score (nSPS) is 18.3. The molecular formula is C19H21NO4S. The molecule has 0 bridgehead atoms. The Bertz CT molecular complexity index is 737. The van der Waals surface area contributed by atoms with E-state index in [9.17, 15) is 9.90 Å². The molecule has 1 fully saturated rings. The van der Waals surface area contributed by atoms with Crippen LogP contribution >= 0.6 is 11.8 Å². The number of carbonyl (C=O) groups is 1. The first-order valence-electron chi connectivity index (χ1n) is 8.00. The molecule has 1 aliphatic rings. The van der Waals surface area contributed by atoms with Gasteiger partial charge in [-0.2, -0.15) is 0 Å². The van der Waals surface area contributed by atoms with Crippen LogP contribution in [0.2, 0.25) is 0 Å². The Morgan fingerprint density at radius 2 is 1.88 bits per heavy atom. The van der Waals surface area contributed by atoms with Crippen LogP contribution in [-0.2, 0) is 4.79 Å². The van der Waals surface area contributed by atoms with Gasteiger partial charge in [0.25, 0.3) is 0 Å². The maximum atomic E-state index is 12.3. The Hall–Kier alpha value is -2.18. The fourth-order valence-corrected chi connectivity index (χ4v) is 4.09. The molecule has 25 heavy (non-hydrogen) atoms. The predicted octanol–water partition coefficient (Wildman–Crippen LogP) is 3.01. The molecule has 2 aromatic rings. The number of aliphatic hydroxyl groups excluding tert-OH is 1. The van der Waals surface area contributed by atoms with Crippen molar-refractivity contribution in [2.24, 2.45) is 0 Å². The highest BCUT2D eigenvalue weighted by Gasteiger charge is 2.34. The van der Waals surface area contributed by atoms with Gasteiger partial charge in [0.05, 0.1) is 32.6 Å². The van der Waals surface area contributed by atoms with Crippen molar-refractivity contribution >= 4 is 17.7 Å². The van der Waals surface area contributed by atoms with Gasteiger partial charge in [-0.3, -0.25) is 4.79 Å². The number of ether oxygens (including phenoxy) is 2. The second-order valence-electron chi connectivity index (χ2n) is 5.75. The summed E-state index contributed by atoms with van der Waals surface area (Å²) in [5.41, 5.74) is 1.76. The molecular weight excluding hydrogens is 338 g/mol. The van der Waals surface area contributed by atoms with E-state index in [1.54, 1.807) is 30.9 Å². The molecule has 2 aromatic carbocycles. The lowest BCUT2D eigenvalue weighted by molar-refractivity contribution is -0.129. The third-order valence-corrected chi connectivity index (χ3v) is 5.47. The van der Waals surface area contributed by atoms with E-state index in [-0.39, 0.29) is 17.8 Å². The summed E-state index contributed by atoms with van der Waals surface area (Å²) >= 11 is 1.55. The molecule has 1 N–H and O–H groups in total. The van der Waals surface area contributed by atoms with Crippen LogP contribution < -0.4 is 9.47 Å². The highest BCUT2D eigenvalue weighted by molar-refractivity contribution is 8.00. The van der Waals surface area contributed by atoms with Crippen LogP contribution in [0.3, 0.4) is 0 Å². The lowest BCUT2D eigenvalue weighted by Gasteiger charge is -2.27. The van der Waals surface area contributed by atoms with E-state index in [1.165, 1.54) is 0 Å². The van der Waals surface area contributed by atoms with Gasteiger partial charge >= 0.3 is 0 Å². The van der Waals surface area contributed by atoms with Gasteiger partial charge in [0.15, 0.2) is 11.5 Å². The average molecular weight is 359 g/mol. The lowest BCUT2D eigenvalue weighted by Crippen LogP contribution is -2.32. The molecule has 132 valence electrons. The van der Waals surface area contributed by atoms with Gasteiger partial charge in [0.2, 0.25) is 5.91 Å². The molecule has 1 aliphatic heterocycles. The molecule has 0 spiro atoms. The Morgan fingerprint density at radius 3 is 2.56 bits per heavy atom. The van der Waals surface area contributed by atoms with Crippen LogP contribution in [0.4, 0.5) is 0 Å². The van der Waals surface area contributed by atoms with Crippen molar-refractivity contribution in [2.45, 2.75) is 11.5 Å². The quantitative estimate of drug-likeness (QED) is 0.859. The summed E-state index contributed by atoms with van der Waals surface area (Å²) in [7, 11) is 3.18. The Balaban J connectivity index is 1.82. The minimum atomic E-state index is -0.716. The van der Waals surface area contributed by atoms with E-state index in [0.29, 0.717) is 17.3 Å². The zero-order valence-electron chi connectivity index (χ0n) is 14.2. The molecule has 0 aliphatic carbocycles. The minimum Gasteiger partial charge on any atom is -0.493 e. The number of methoxy groups -OCH3 is 2. The van der Waals surface area contributed by atoms with Gasteiger partial charge in [-0.05, 0) is 23.3 Å². The summed E-state index contributed by atoms with van der Waals surface area (Å²) in [6.07, 6.45) is -0.716. The largest absolute Gasteiger partial charge is 0.493 e. The molecule has 1 saturated heterocycles. The Kier molecular flexibility index (Phi) is 5.50. The summed E-state index contributed by atoms with van der Waals surface area (Å²) < 4.78 is 10.6. The number of carbonyl (C=O) groups excluding carboxylic acids is 1. The number of nitrogens with zero attached hydrogens (tertiary/aromatic N) is 1. The fourth-order valence-electron chi connectivity index (χ4n) is 2.90. The molecule has 0 radical (unpaired) electrons. The van der Waals surface area contributed by atoms with Crippen molar-refractivity contribution in [3.63, 3.8) is 0 Å². The van der Waals surface area contributed by atoms with E-state index < -0.39 is 6.10 Å². The summed E-state index contributed by atoms with van der Waals surface area (Å²) in [6.45, 7) is 0.259. The van der Waals surface area contributed by atoms with Crippen molar-refractivity contribution in [3.05, 3.63) is 59.7 Å². The lowest BCUT2D eigenvalue weighted by atomic mass is 10.1. The van der Waals surface area contributed by atoms with Gasteiger partial charge in [0, 0.05) is 0 Å². The summed E-state index contributed by atoms with van der Waals surface area (Å²) in [4.78, 5) is 14.1. The van der Waals surface area contributed by atoms with Crippen molar-refractivity contribution in [3.8, 4) is 11.5 Å². The molecule has 3 rings (SSSR count). The topological polar surface area (TPSA) is 59.0 Å². The highest BCUT2D eigenvalue weighted by atomic mass is 32.2. The maximum Gasteiger partial charge on any atom is 0.233 e. The number of thioether (sulfide) groups is 1. The van der Waals surface area contributed by atoms with Gasteiger partial charge in [0.1, 0.15) is 5.37 Å². The van der Waals surface area contributed by atoms with E-state index in [2.05, 4.69) is 0 Å². The molecule has 1 heterocycles. The third-order valence-electron chi connectivity index (χ3n) is 4.21. The average Bonchev–Trinajstić information content (AvgIpc) is 3.02. The van der Waals surface area contributed by atoms with Crippen LogP contribution in [-0.4, -0.2) is 42.4 Å². The first-order valence-corrected chi connectivity index (χ1v) is 9.05. The Morgan fingerprint density at radius 1 is 1.16 bits per heavy atom. The van der Waals surface area contributed by atoms with Crippen LogP contribution in [0.15, 0.2) is 48.5 Å². The van der Waals surface area contributed by atoms with E-state index >= 15 is 0 Å². The molecule has 0 saturated carbocycles. The SMILES string of the molecule is COc1ccc([C@H]2SCC(=O)N2C[C@H](O)c2ccccc2)cc1OC. The Labute approximate surface area is 151 Å². The number of hydrogen-bond acceptors (Lipinski definition) is 5. The molecule has 6 heteroatoms. The predicted molar refractivity (Wildman–Crippen MR) is 97.9 cm³/mol. The second-order valence-corrected chi connectivity index (χ2v) is 6.82. The zero-order chi connectivity index (χ0) is 17.8.